The first-order valence-electron chi connectivity index (χ1n) is 27.5. The molecule has 0 aromatic heterocycles. The largest absolute Gasteiger partial charge is 0.507 e. The first-order valence-corrected chi connectivity index (χ1v) is 27.5. The second kappa shape index (κ2) is 25.7. The van der Waals surface area contributed by atoms with Gasteiger partial charge < -0.3 is 108 Å². The Hall–Kier alpha value is -3.32. The highest BCUT2D eigenvalue weighted by atomic mass is 16.7. The average molecular weight is 1130 g/mol. The van der Waals surface area contributed by atoms with Crippen molar-refractivity contribution in [2.75, 3.05) is 14.2 Å². The molecule has 0 spiro atoms. The number of hydrogen-bond acceptors (Lipinski definition) is 24. The highest BCUT2D eigenvalue weighted by Gasteiger charge is 2.51. The fourth-order valence-corrected chi connectivity index (χ4v) is 12.0. The minimum atomic E-state index is -1.94. The van der Waals surface area contributed by atoms with Gasteiger partial charge in [0.05, 0.1) is 78.1 Å². The van der Waals surface area contributed by atoms with E-state index >= 15 is 4.79 Å². The van der Waals surface area contributed by atoms with Crippen molar-refractivity contribution in [2.24, 2.45) is 5.92 Å². The number of aliphatic hydroxyl groups is 8. The molecule has 5 fully saturated rings. The van der Waals surface area contributed by atoms with Crippen LogP contribution < -0.4 is 4.74 Å². The third-order valence-corrected chi connectivity index (χ3v) is 16.7. The molecule has 8 rings (SSSR count). The zero-order valence-electron chi connectivity index (χ0n) is 46.3. The van der Waals surface area contributed by atoms with Gasteiger partial charge in [-0.15, -0.1) is 0 Å². The second-order valence-corrected chi connectivity index (χ2v) is 22.3. The van der Waals surface area contributed by atoms with E-state index in [2.05, 4.69) is 0 Å². The summed E-state index contributed by atoms with van der Waals surface area (Å²) in [5, 5.41) is 110. The minimum absolute atomic E-state index is 0.0208. The number of aliphatic hydroxyl groups excluding tert-OH is 8. The number of hydrogen-bond donors (Lipinski definition) is 10. The van der Waals surface area contributed by atoms with Gasteiger partial charge in [-0.3, -0.25) is 9.59 Å². The highest BCUT2D eigenvalue weighted by Crippen LogP contribution is 2.50. The van der Waals surface area contributed by atoms with E-state index in [0.29, 0.717) is 6.42 Å². The monoisotopic (exact) mass is 1130 g/mol. The van der Waals surface area contributed by atoms with E-state index in [0.717, 1.165) is 0 Å². The zero-order valence-corrected chi connectivity index (χ0v) is 46.3. The molecule has 24 nitrogen and oxygen atoms in total. The van der Waals surface area contributed by atoms with Gasteiger partial charge in [-0.2, -0.15) is 0 Å². The van der Waals surface area contributed by atoms with E-state index in [9.17, 15) is 55.9 Å². The Labute approximate surface area is 458 Å². The predicted octanol–water partition coefficient (Wildman–Crippen LogP) is 1.22. The van der Waals surface area contributed by atoms with Gasteiger partial charge >= 0.3 is 0 Å². The van der Waals surface area contributed by atoms with Crippen LogP contribution >= 0.6 is 0 Å². The number of Topliss-reactive ketones (excluding diaryl/α,β-unsaturated/α-hetero) is 2. The Balaban J connectivity index is 1.04. The number of ketones is 2. The van der Waals surface area contributed by atoms with E-state index in [1.807, 2.05) is 13.8 Å². The number of methoxy groups -OCH3 is 2. The van der Waals surface area contributed by atoms with E-state index in [1.54, 1.807) is 46.8 Å². The van der Waals surface area contributed by atoms with Gasteiger partial charge in [-0.25, -0.2) is 0 Å². The molecule has 5 heterocycles. The Morgan fingerprint density at radius 1 is 0.646 bits per heavy atom. The van der Waals surface area contributed by atoms with Crippen molar-refractivity contribution in [3.63, 3.8) is 0 Å². The highest BCUT2D eigenvalue weighted by molar-refractivity contribution is 6.11. The van der Waals surface area contributed by atoms with Gasteiger partial charge in [0.2, 0.25) is 6.29 Å². The normalized spacial score (nSPS) is 40.8. The number of benzene rings is 2. The molecule has 6 aliphatic rings. The number of carbonyl (C=O) groups excluding carboxylic acids is 2. The molecule has 79 heavy (non-hydrogen) atoms. The molecule has 2 aromatic carbocycles. The first-order chi connectivity index (χ1) is 37.3. The number of ether oxygens (including phenoxy) is 12. The van der Waals surface area contributed by atoms with Gasteiger partial charge in [-0.05, 0) is 83.4 Å². The summed E-state index contributed by atoms with van der Waals surface area (Å²) in [5.41, 5.74) is 0.261. The molecule has 26 atom stereocenters. The molecule has 1 aliphatic carbocycles. The van der Waals surface area contributed by atoms with Crippen LogP contribution in [0.4, 0.5) is 0 Å². The van der Waals surface area contributed by atoms with Crippen LogP contribution in [-0.2, 0) is 63.3 Å². The zero-order chi connectivity index (χ0) is 57.6. The van der Waals surface area contributed by atoms with Crippen LogP contribution in [0.5, 0.6) is 17.2 Å². The number of phenols is 2. The number of fused-ring (bicyclic) bond motifs is 2. The summed E-state index contributed by atoms with van der Waals surface area (Å²) in [6.45, 7) is 13.1. The molecule has 26 unspecified atom stereocenters. The van der Waals surface area contributed by atoms with Crippen LogP contribution in [-0.4, -0.2) is 224 Å². The van der Waals surface area contributed by atoms with Crippen LogP contribution in [0, 0.1) is 5.92 Å². The topological polar surface area (TPSA) is 347 Å². The molecule has 5 saturated heterocycles. The smallest absolute Gasteiger partial charge is 0.202 e. The van der Waals surface area contributed by atoms with Crippen LogP contribution in [0.3, 0.4) is 0 Å². The molecule has 0 saturated carbocycles. The number of phenolic OH excluding ortho intramolecular Hbond substituents is 2. The lowest BCUT2D eigenvalue weighted by atomic mass is 9.74. The van der Waals surface area contributed by atoms with E-state index in [1.165, 1.54) is 21.1 Å². The van der Waals surface area contributed by atoms with Crippen molar-refractivity contribution in [3.8, 4) is 17.2 Å². The fourth-order valence-electron chi connectivity index (χ4n) is 12.0. The number of carbonyl (C=O) groups is 2. The van der Waals surface area contributed by atoms with Crippen molar-refractivity contribution in [2.45, 2.75) is 254 Å². The lowest BCUT2D eigenvalue weighted by Gasteiger charge is -2.46. The second-order valence-electron chi connectivity index (χ2n) is 22.3. The Morgan fingerprint density at radius 3 is 1.65 bits per heavy atom. The first kappa shape index (κ1) is 61.7. The van der Waals surface area contributed by atoms with Crippen molar-refractivity contribution < 1.29 is 117 Å². The van der Waals surface area contributed by atoms with Crippen molar-refractivity contribution >= 4 is 22.3 Å². The van der Waals surface area contributed by atoms with Crippen molar-refractivity contribution in [1.82, 2.24) is 0 Å². The third kappa shape index (κ3) is 12.9. The van der Waals surface area contributed by atoms with Crippen LogP contribution in [0.25, 0.3) is 10.8 Å². The lowest BCUT2D eigenvalue weighted by molar-refractivity contribution is -0.339. The molecule has 0 radical (unpaired) electrons. The SMILES string of the molecule is CCC(C)c1c(OC2CC(O)C(O)C(C)O2)cc2cc3c(c(O)c2c1O)C(=O)C(OC1CC(OC2CC(OC4CC(OC5CC(O)C(O)C(C)O5)C(OC)C(C)O4)C(O)C(C)O2)C(O)C(C)O1)C(C(OC)C(=O)C(O)C(C)O)C3. The van der Waals surface area contributed by atoms with E-state index in [4.69, 9.17) is 56.8 Å². The molecule has 0 amide bonds. The lowest BCUT2D eigenvalue weighted by Crippen LogP contribution is -2.57. The van der Waals surface area contributed by atoms with Crippen LogP contribution in [0.1, 0.15) is 121 Å². The molecule has 0 bridgehead atoms. The average Bonchev–Trinajstić information content (AvgIpc) is 3.48. The van der Waals surface area contributed by atoms with E-state index < -0.39 is 171 Å². The molecular formula is C55H82O24. The molecule has 24 heteroatoms. The van der Waals surface area contributed by atoms with Gasteiger partial charge in [0.15, 0.2) is 36.7 Å². The summed E-state index contributed by atoms with van der Waals surface area (Å²) >= 11 is 0. The van der Waals surface area contributed by atoms with Crippen molar-refractivity contribution in [3.05, 3.63) is 28.8 Å². The molecule has 2 aromatic rings. The maximum absolute atomic E-state index is 15.2. The fraction of sp³-hybridized carbons (Fsp3) is 0.782. The van der Waals surface area contributed by atoms with Crippen molar-refractivity contribution in [1.29, 1.82) is 0 Å². The summed E-state index contributed by atoms with van der Waals surface area (Å²) in [6, 6.07) is 3.12. The molecule has 5 aliphatic heterocycles. The van der Waals surface area contributed by atoms with Crippen LogP contribution in [0.2, 0.25) is 0 Å². The minimum Gasteiger partial charge on any atom is -0.507 e. The Kier molecular flexibility index (Phi) is 20.1. The molecule has 446 valence electrons. The predicted molar refractivity (Wildman–Crippen MR) is 273 cm³/mol. The van der Waals surface area contributed by atoms with Crippen LogP contribution in [0.15, 0.2) is 12.1 Å². The van der Waals surface area contributed by atoms with Gasteiger partial charge in [-0.1, -0.05) is 13.8 Å². The Bertz CT molecular complexity index is 2380. The van der Waals surface area contributed by atoms with Gasteiger partial charge in [0.25, 0.3) is 0 Å². The van der Waals surface area contributed by atoms with Gasteiger partial charge in [0.1, 0.15) is 66.1 Å². The standard InChI is InChI=1S/C55H82O24/c1-11-20(2)41-32(75-36-15-30(57)45(60)22(4)70-36)14-28-12-27-13-29(54(69-10)52(67)44(59)21(3)56)55(51(66)43(27)50(65)42(28)49(41)64)79-40-18-34(48(63)25(7)73-40)76-38-17-33(47(62)24(6)72-38)77-39-19-35(53(68-9)26(8)74-39)78-37-16-31(58)46(61)23(5)71-37/h12,14,20-26,29-31,33-40,44-48,53-65H,11,13,15-19H2,1-10H3. The number of aromatic hydroxyl groups is 2. The molecule has 10 N–H and O–H groups in total. The maximum atomic E-state index is 15.2. The summed E-state index contributed by atoms with van der Waals surface area (Å²) in [6.07, 6.45) is -25.9. The molecular weight excluding hydrogens is 1040 g/mol. The van der Waals surface area contributed by atoms with E-state index in [-0.39, 0.29) is 83.4 Å². The summed E-state index contributed by atoms with van der Waals surface area (Å²) in [7, 11) is 2.71. The number of rotatable bonds is 18. The summed E-state index contributed by atoms with van der Waals surface area (Å²) in [4.78, 5) is 29.1. The third-order valence-electron chi connectivity index (χ3n) is 16.7. The Morgan fingerprint density at radius 2 is 1.13 bits per heavy atom. The summed E-state index contributed by atoms with van der Waals surface area (Å²) < 4.78 is 73.5. The quantitative estimate of drug-likeness (QED) is 0.100. The maximum Gasteiger partial charge on any atom is 0.202 e. The van der Waals surface area contributed by atoms with Gasteiger partial charge in [0, 0.05) is 57.8 Å². The summed E-state index contributed by atoms with van der Waals surface area (Å²) in [5.74, 6) is -4.22.